The van der Waals surface area contributed by atoms with Gasteiger partial charge in [-0.3, -0.25) is 0 Å². The predicted octanol–water partition coefficient (Wildman–Crippen LogP) is 2.40. The van der Waals surface area contributed by atoms with Crippen molar-refractivity contribution in [1.29, 1.82) is 0 Å². The van der Waals surface area contributed by atoms with Crippen molar-refractivity contribution >= 4 is 28.3 Å². The second kappa shape index (κ2) is 4.66. The Morgan fingerprint density at radius 2 is 1.94 bits per heavy atom. The monoisotopic (exact) mass is 257 g/mol. The van der Waals surface area contributed by atoms with E-state index in [9.17, 15) is 0 Å². The Morgan fingerprint density at radius 3 is 2.72 bits per heavy atom. The fraction of sp³-hybridized carbons (Fsp3) is 0.167. The first-order valence-corrected chi connectivity index (χ1v) is 6.43. The molecule has 18 heavy (non-hydrogen) atoms. The van der Waals surface area contributed by atoms with Gasteiger partial charge in [0, 0.05) is 11.1 Å². The van der Waals surface area contributed by atoms with Crippen LogP contribution in [0.4, 0.5) is 5.95 Å². The number of hydrogen-bond acceptors (Lipinski definition) is 6. The molecule has 0 amide bonds. The predicted molar refractivity (Wildman–Crippen MR) is 71.5 cm³/mol. The summed E-state index contributed by atoms with van der Waals surface area (Å²) in [6, 6.07) is 7.67. The van der Waals surface area contributed by atoms with Crippen LogP contribution in [0.3, 0.4) is 0 Å². The largest absolute Gasteiger partial charge is 0.346 e. The standard InChI is InChI=1S/C12H11N5S/c1-8-7-18-11(14-8)6-13-12-15-9-4-2-3-5-10(9)16-17-12/h2-5,7H,6H2,1H3,(H,13,15,17). The average molecular weight is 257 g/mol. The quantitative estimate of drug-likeness (QED) is 0.780. The minimum absolute atomic E-state index is 0.529. The van der Waals surface area contributed by atoms with Crippen LogP contribution in [0.2, 0.25) is 0 Å². The van der Waals surface area contributed by atoms with Crippen LogP contribution < -0.4 is 5.32 Å². The molecule has 0 aliphatic rings. The first kappa shape index (κ1) is 11.0. The summed E-state index contributed by atoms with van der Waals surface area (Å²) >= 11 is 1.62. The van der Waals surface area contributed by atoms with Gasteiger partial charge in [-0.1, -0.05) is 12.1 Å². The Kier molecular flexibility index (Phi) is 2.85. The molecule has 2 heterocycles. The number of rotatable bonds is 3. The Labute approximate surface area is 108 Å². The number of nitrogens with zero attached hydrogens (tertiary/aromatic N) is 4. The molecule has 5 nitrogen and oxygen atoms in total. The van der Waals surface area contributed by atoms with Crippen LogP contribution in [0.1, 0.15) is 10.7 Å². The van der Waals surface area contributed by atoms with Crippen LogP contribution in [0.5, 0.6) is 0 Å². The highest BCUT2D eigenvalue weighted by Crippen LogP contribution is 2.12. The minimum Gasteiger partial charge on any atom is -0.346 e. The molecule has 0 unspecified atom stereocenters. The van der Waals surface area contributed by atoms with E-state index < -0.39 is 0 Å². The zero-order chi connectivity index (χ0) is 12.4. The van der Waals surface area contributed by atoms with Gasteiger partial charge in [-0.2, -0.15) is 0 Å². The Morgan fingerprint density at radius 1 is 1.11 bits per heavy atom. The molecule has 0 bridgehead atoms. The zero-order valence-corrected chi connectivity index (χ0v) is 10.6. The first-order chi connectivity index (χ1) is 8.81. The molecule has 6 heteroatoms. The molecular formula is C12H11N5S. The van der Waals surface area contributed by atoms with Crippen LogP contribution >= 0.6 is 11.3 Å². The van der Waals surface area contributed by atoms with E-state index in [1.807, 2.05) is 36.6 Å². The molecule has 3 aromatic rings. The fourth-order valence-corrected chi connectivity index (χ4v) is 2.31. The van der Waals surface area contributed by atoms with Crippen LogP contribution in [0.25, 0.3) is 11.0 Å². The van der Waals surface area contributed by atoms with Crippen molar-refractivity contribution in [3.05, 3.63) is 40.3 Å². The summed E-state index contributed by atoms with van der Waals surface area (Å²) in [5.41, 5.74) is 2.67. The van der Waals surface area contributed by atoms with Gasteiger partial charge in [-0.25, -0.2) is 9.97 Å². The topological polar surface area (TPSA) is 63.6 Å². The van der Waals surface area contributed by atoms with Gasteiger partial charge in [-0.05, 0) is 19.1 Å². The van der Waals surface area contributed by atoms with E-state index in [1.165, 1.54) is 0 Å². The summed E-state index contributed by atoms with van der Waals surface area (Å²) < 4.78 is 0. The highest BCUT2D eigenvalue weighted by atomic mass is 32.1. The summed E-state index contributed by atoms with van der Waals surface area (Å²) in [7, 11) is 0. The lowest BCUT2D eigenvalue weighted by atomic mass is 10.3. The van der Waals surface area contributed by atoms with E-state index >= 15 is 0 Å². The number of para-hydroxylation sites is 1. The van der Waals surface area contributed by atoms with Gasteiger partial charge in [0.1, 0.15) is 10.5 Å². The maximum absolute atomic E-state index is 4.39. The number of anilines is 1. The third-order valence-corrected chi connectivity index (χ3v) is 3.39. The van der Waals surface area contributed by atoms with Gasteiger partial charge in [0.2, 0.25) is 5.95 Å². The van der Waals surface area contributed by atoms with E-state index in [4.69, 9.17) is 0 Å². The summed E-state index contributed by atoms with van der Waals surface area (Å²) in [5, 5.41) is 14.3. The summed E-state index contributed by atoms with van der Waals surface area (Å²) in [5.74, 6) is 0.529. The molecule has 1 N–H and O–H groups in total. The normalized spacial score (nSPS) is 10.7. The number of aryl methyl sites for hydroxylation is 1. The number of aromatic nitrogens is 4. The molecule has 0 aliphatic heterocycles. The average Bonchev–Trinajstić information content (AvgIpc) is 2.82. The Hall–Kier alpha value is -2.08. The molecular weight excluding hydrogens is 246 g/mol. The Bertz CT molecular complexity index is 679. The molecule has 2 aromatic heterocycles. The molecule has 0 aliphatic carbocycles. The maximum atomic E-state index is 4.39. The number of benzene rings is 1. The lowest BCUT2D eigenvalue weighted by Gasteiger charge is -2.02. The minimum atomic E-state index is 0.529. The van der Waals surface area contributed by atoms with Crippen LogP contribution in [0.15, 0.2) is 29.6 Å². The van der Waals surface area contributed by atoms with E-state index in [0.717, 1.165) is 21.7 Å². The molecule has 0 radical (unpaired) electrons. The summed E-state index contributed by atoms with van der Waals surface area (Å²) in [4.78, 5) is 8.76. The SMILES string of the molecule is Cc1csc(CNc2nnc3ccccc3n2)n1. The van der Waals surface area contributed by atoms with Crippen molar-refractivity contribution in [3.63, 3.8) is 0 Å². The third kappa shape index (κ3) is 2.28. The van der Waals surface area contributed by atoms with Gasteiger partial charge in [-0.15, -0.1) is 21.5 Å². The van der Waals surface area contributed by atoms with Crippen molar-refractivity contribution in [2.45, 2.75) is 13.5 Å². The van der Waals surface area contributed by atoms with Crippen molar-refractivity contribution < 1.29 is 0 Å². The molecule has 0 spiro atoms. The van der Waals surface area contributed by atoms with E-state index in [-0.39, 0.29) is 0 Å². The highest BCUT2D eigenvalue weighted by molar-refractivity contribution is 7.09. The van der Waals surface area contributed by atoms with Gasteiger partial charge in [0.15, 0.2) is 0 Å². The summed E-state index contributed by atoms with van der Waals surface area (Å²) in [6.45, 7) is 2.60. The van der Waals surface area contributed by atoms with E-state index in [1.54, 1.807) is 11.3 Å². The van der Waals surface area contributed by atoms with E-state index in [0.29, 0.717) is 12.5 Å². The molecule has 0 saturated heterocycles. The van der Waals surface area contributed by atoms with Crippen molar-refractivity contribution in [2.24, 2.45) is 0 Å². The second-order valence-electron chi connectivity index (χ2n) is 3.86. The Balaban J connectivity index is 1.78. The number of hydrogen-bond donors (Lipinski definition) is 1. The van der Waals surface area contributed by atoms with Crippen molar-refractivity contribution in [1.82, 2.24) is 20.2 Å². The number of nitrogens with one attached hydrogen (secondary N) is 1. The molecule has 3 rings (SSSR count). The second-order valence-corrected chi connectivity index (χ2v) is 4.80. The molecule has 0 fully saturated rings. The van der Waals surface area contributed by atoms with E-state index in [2.05, 4.69) is 25.5 Å². The van der Waals surface area contributed by atoms with Crippen LogP contribution in [0, 0.1) is 6.92 Å². The van der Waals surface area contributed by atoms with Gasteiger partial charge in [0.05, 0.1) is 12.1 Å². The van der Waals surface area contributed by atoms with Gasteiger partial charge >= 0.3 is 0 Å². The lowest BCUT2D eigenvalue weighted by molar-refractivity contribution is 0.973. The van der Waals surface area contributed by atoms with Crippen LogP contribution in [-0.4, -0.2) is 20.2 Å². The highest BCUT2D eigenvalue weighted by Gasteiger charge is 2.02. The summed E-state index contributed by atoms with van der Waals surface area (Å²) in [6.07, 6.45) is 0. The molecule has 0 atom stereocenters. The number of thiazole rings is 1. The van der Waals surface area contributed by atoms with Crippen LogP contribution in [-0.2, 0) is 6.54 Å². The van der Waals surface area contributed by atoms with Gasteiger partial charge < -0.3 is 5.32 Å². The smallest absolute Gasteiger partial charge is 0.243 e. The molecule has 0 saturated carbocycles. The van der Waals surface area contributed by atoms with Crippen molar-refractivity contribution in [2.75, 3.05) is 5.32 Å². The van der Waals surface area contributed by atoms with Gasteiger partial charge in [0.25, 0.3) is 0 Å². The fourth-order valence-electron chi connectivity index (χ4n) is 1.59. The maximum Gasteiger partial charge on any atom is 0.243 e. The third-order valence-electron chi connectivity index (χ3n) is 2.42. The lowest BCUT2D eigenvalue weighted by Crippen LogP contribution is -2.04. The zero-order valence-electron chi connectivity index (χ0n) is 9.79. The van der Waals surface area contributed by atoms with Crippen molar-refractivity contribution in [3.8, 4) is 0 Å². The molecule has 1 aromatic carbocycles. The first-order valence-electron chi connectivity index (χ1n) is 5.55. The number of fused-ring (bicyclic) bond motifs is 1. The molecule has 90 valence electrons.